The maximum absolute atomic E-state index is 12.6. The molecule has 0 aliphatic carbocycles. The second-order valence-corrected chi connectivity index (χ2v) is 7.84. The number of hydrogen-bond donors (Lipinski definition) is 1. The smallest absolute Gasteiger partial charge is 0.294 e. The maximum atomic E-state index is 12.6. The fraction of sp³-hybridized carbons (Fsp3) is 0.105. The van der Waals surface area contributed by atoms with Gasteiger partial charge in [-0.15, -0.1) is 0 Å². The number of carbonyl (C=O) groups excluding carboxylic acids is 3. The molecule has 2 aromatic rings. The van der Waals surface area contributed by atoms with Crippen molar-refractivity contribution in [1.82, 2.24) is 4.90 Å². The van der Waals surface area contributed by atoms with Crippen LogP contribution in [0.5, 0.6) is 11.5 Å². The molecule has 142 valence electrons. The third-order valence-electron chi connectivity index (χ3n) is 4.00. The number of amides is 3. The lowest BCUT2D eigenvalue weighted by Gasteiger charge is -2.12. The number of anilines is 1. The van der Waals surface area contributed by atoms with Crippen molar-refractivity contribution in [3.63, 3.8) is 0 Å². The number of thioether (sulfide) groups is 1. The highest BCUT2D eigenvalue weighted by Gasteiger charge is 2.36. The van der Waals surface area contributed by atoms with Crippen LogP contribution in [0.2, 0.25) is 0 Å². The van der Waals surface area contributed by atoms with Gasteiger partial charge in [-0.25, -0.2) is 0 Å². The molecule has 0 spiro atoms. The summed E-state index contributed by atoms with van der Waals surface area (Å²) in [5.74, 6) is 0.268. The summed E-state index contributed by atoms with van der Waals surface area (Å²) in [6.45, 7) is -0.192. The number of nitrogens with zero attached hydrogens (tertiary/aromatic N) is 1. The molecule has 7 nitrogen and oxygen atoms in total. The highest BCUT2D eigenvalue weighted by Crippen LogP contribution is 2.36. The van der Waals surface area contributed by atoms with E-state index in [1.165, 1.54) is 0 Å². The first-order valence-electron chi connectivity index (χ1n) is 8.20. The van der Waals surface area contributed by atoms with Crippen LogP contribution in [0.1, 0.15) is 5.56 Å². The molecule has 3 amide bonds. The molecule has 0 aromatic heterocycles. The van der Waals surface area contributed by atoms with E-state index in [0.29, 0.717) is 22.7 Å². The highest BCUT2D eigenvalue weighted by atomic mass is 79.9. The van der Waals surface area contributed by atoms with Gasteiger partial charge in [0, 0.05) is 10.2 Å². The van der Waals surface area contributed by atoms with Crippen LogP contribution in [0.4, 0.5) is 10.5 Å². The molecule has 0 bridgehead atoms. The first kappa shape index (κ1) is 18.6. The predicted molar refractivity (Wildman–Crippen MR) is 108 cm³/mol. The van der Waals surface area contributed by atoms with Crippen LogP contribution < -0.4 is 14.8 Å². The normalized spacial score (nSPS) is 16.8. The topological polar surface area (TPSA) is 84.9 Å². The number of carbonyl (C=O) groups is 3. The molecule has 0 atom stereocenters. The molecule has 2 heterocycles. The number of nitrogens with one attached hydrogen (secondary N) is 1. The summed E-state index contributed by atoms with van der Waals surface area (Å²) in [7, 11) is 0. The molecular weight excluding hydrogens is 448 g/mol. The van der Waals surface area contributed by atoms with Crippen LogP contribution in [0, 0.1) is 0 Å². The molecular formula is C19H13BrN2O5S. The van der Waals surface area contributed by atoms with Gasteiger partial charge in [0.2, 0.25) is 12.7 Å². The molecule has 1 N–H and O–H groups in total. The van der Waals surface area contributed by atoms with Crippen molar-refractivity contribution in [3.05, 3.63) is 57.4 Å². The van der Waals surface area contributed by atoms with E-state index in [0.717, 1.165) is 21.1 Å². The maximum Gasteiger partial charge on any atom is 0.294 e. The fourth-order valence-electron chi connectivity index (χ4n) is 2.67. The molecule has 4 rings (SSSR count). The summed E-state index contributed by atoms with van der Waals surface area (Å²) >= 11 is 4.11. The van der Waals surface area contributed by atoms with Gasteiger partial charge in [0.15, 0.2) is 11.5 Å². The summed E-state index contributed by atoms with van der Waals surface area (Å²) in [5, 5.41) is 2.18. The van der Waals surface area contributed by atoms with Crippen molar-refractivity contribution >= 4 is 56.5 Å². The van der Waals surface area contributed by atoms with E-state index in [2.05, 4.69) is 21.2 Å². The quantitative estimate of drug-likeness (QED) is 0.697. The van der Waals surface area contributed by atoms with E-state index in [1.54, 1.807) is 48.5 Å². The molecule has 28 heavy (non-hydrogen) atoms. The Balaban J connectivity index is 1.44. The Morgan fingerprint density at radius 1 is 1.14 bits per heavy atom. The molecule has 1 saturated heterocycles. The van der Waals surface area contributed by atoms with Crippen molar-refractivity contribution in [2.24, 2.45) is 0 Å². The minimum Gasteiger partial charge on any atom is -0.454 e. The lowest BCUT2D eigenvalue weighted by Crippen LogP contribution is -2.36. The van der Waals surface area contributed by atoms with E-state index >= 15 is 0 Å². The van der Waals surface area contributed by atoms with Crippen molar-refractivity contribution in [1.29, 1.82) is 0 Å². The Bertz CT molecular complexity index is 1010. The van der Waals surface area contributed by atoms with Crippen LogP contribution in [0.15, 0.2) is 51.8 Å². The number of hydrogen-bond acceptors (Lipinski definition) is 6. The Hall–Kier alpha value is -2.78. The third-order valence-corrected chi connectivity index (χ3v) is 5.43. The van der Waals surface area contributed by atoms with Crippen molar-refractivity contribution in [2.75, 3.05) is 18.7 Å². The SMILES string of the molecule is O=C(CN1C(=O)S/C(=C/c2ccc3c(c2)OCO3)C1=O)Nc1ccc(Br)cc1. The van der Waals surface area contributed by atoms with Gasteiger partial charge in [-0.2, -0.15) is 0 Å². The van der Waals surface area contributed by atoms with Gasteiger partial charge in [0.25, 0.3) is 11.1 Å². The summed E-state index contributed by atoms with van der Waals surface area (Å²) in [4.78, 5) is 38.1. The molecule has 2 aliphatic heterocycles. The molecule has 0 unspecified atom stereocenters. The van der Waals surface area contributed by atoms with Crippen LogP contribution in [-0.4, -0.2) is 35.3 Å². The standard InChI is InChI=1S/C19H13BrN2O5S/c20-12-2-4-13(5-3-12)21-17(23)9-22-18(24)16(28-19(22)25)8-11-1-6-14-15(7-11)27-10-26-14/h1-8H,9-10H2,(H,21,23)/b16-8+. The van der Waals surface area contributed by atoms with Gasteiger partial charge >= 0.3 is 0 Å². The lowest BCUT2D eigenvalue weighted by atomic mass is 10.2. The van der Waals surface area contributed by atoms with Crippen LogP contribution in [0.25, 0.3) is 6.08 Å². The van der Waals surface area contributed by atoms with Gasteiger partial charge in [-0.1, -0.05) is 22.0 Å². The minimum atomic E-state index is -0.501. The second kappa shape index (κ2) is 7.69. The zero-order valence-electron chi connectivity index (χ0n) is 14.3. The van der Waals surface area contributed by atoms with Gasteiger partial charge in [0.1, 0.15) is 6.54 Å². The van der Waals surface area contributed by atoms with Crippen molar-refractivity contribution in [2.45, 2.75) is 0 Å². The van der Waals surface area contributed by atoms with Crippen LogP contribution in [0.3, 0.4) is 0 Å². The zero-order chi connectivity index (χ0) is 19.7. The monoisotopic (exact) mass is 460 g/mol. The van der Waals surface area contributed by atoms with Crippen LogP contribution >= 0.6 is 27.7 Å². The average Bonchev–Trinajstić information content (AvgIpc) is 3.23. The molecule has 2 aromatic carbocycles. The summed E-state index contributed by atoms with van der Waals surface area (Å²) in [6, 6.07) is 12.2. The number of rotatable bonds is 4. The van der Waals surface area contributed by atoms with E-state index in [4.69, 9.17) is 9.47 Å². The van der Waals surface area contributed by atoms with Crippen LogP contribution in [-0.2, 0) is 9.59 Å². The Kier molecular flexibility index (Phi) is 5.10. The van der Waals surface area contributed by atoms with Gasteiger partial charge in [-0.05, 0) is 59.8 Å². The first-order valence-corrected chi connectivity index (χ1v) is 9.81. The van der Waals surface area contributed by atoms with E-state index in [-0.39, 0.29) is 18.2 Å². The molecule has 0 radical (unpaired) electrons. The number of fused-ring (bicyclic) bond motifs is 1. The molecule has 1 fully saturated rings. The number of ether oxygens (including phenoxy) is 2. The Labute approximate surface area is 172 Å². The summed E-state index contributed by atoms with van der Waals surface area (Å²) in [6.07, 6.45) is 1.60. The average molecular weight is 461 g/mol. The van der Waals surface area contributed by atoms with Crippen molar-refractivity contribution in [3.8, 4) is 11.5 Å². The first-order chi connectivity index (χ1) is 13.5. The largest absolute Gasteiger partial charge is 0.454 e. The zero-order valence-corrected chi connectivity index (χ0v) is 16.7. The number of benzene rings is 2. The van der Waals surface area contributed by atoms with Crippen molar-refractivity contribution < 1.29 is 23.9 Å². The fourth-order valence-corrected chi connectivity index (χ4v) is 3.77. The van der Waals surface area contributed by atoms with E-state index in [9.17, 15) is 14.4 Å². The van der Waals surface area contributed by atoms with Gasteiger partial charge in [0.05, 0.1) is 4.91 Å². The summed E-state index contributed by atoms with van der Waals surface area (Å²) in [5.41, 5.74) is 1.28. The summed E-state index contributed by atoms with van der Waals surface area (Å²) < 4.78 is 11.4. The molecule has 2 aliphatic rings. The van der Waals surface area contributed by atoms with Gasteiger partial charge < -0.3 is 14.8 Å². The minimum absolute atomic E-state index is 0.156. The van der Waals surface area contributed by atoms with E-state index < -0.39 is 17.1 Å². The Morgan fingerprint density at radius 3 is 2.68 bits per heavy atom. The second-order valence-electron chi connectivity index (χ2n) is 5.94. The number of halogens is 1. The number of imide groups is 1. The molecule has 0 saturated carbocycles. The highest BCUT2D eigenvalue weighted by molar-refractivity contribution is 9.10. The van der Waals surface area contributed by atoms with Gasteiger partial charge in [-0.3, -0.25) is 19.3 Å². The lowest BCUT2D eigenvalue weighted by molar-refractivity contribution is -0.127. The predicted octanol–water partition coefficient (Wildman–Crippen LogP) is 3.85. The Morgan fingerprint density at radius 2 is 1.89 bits per heavy atom. The molecule has 9 heteroatoms. The third kappa shape index (κ3) is 3.90. The van der Waals surface area contributed by atoms with E-state index in [1.807, 2.05) is 0 Å².